The van der Waals surface area contributed by atoms with Crippen LogP contribution in [0, 0.1) is 5.92 Å². The maximum absolute atomic E-state index is 12.7. The van der Waals surface area contributed by atoms with Gasteiger partial charge in [0.25, 0.3) is 0 Å². The Bertz CT molecular complexity index is 704. The summed E-state index contributed by atoms with van der Waals surface area (Å²) in [5.41, 5.74) is 8.20. The zero-order valence-corrected chi connectivity index (χ0v) is 14.5. The third-order valence-electron chi connectivity index (χ3n) is 4.93. The number of carbonyl (C=O) groups excluding carboxylic acids is 1. The van der Waals surface area contributed by atoms with Crippen molar-refractivity contribution in [2.75, 3.05) is 20.3 Å². The summed E-state index contributed by atoms with van der Waals surface area (Å²) in [5, 5.41) is 1.08. The van der Waals surface area contributed by atoms with Crippen LogP contribution in [0.4, 0.5) is 0 Å². The van der Waals surface area contributed by atoms with E-state index in [1.54, 1.807) is 4.90 Å². The zero-order valence-electron chi connectivity index (χ0n) is 14.5. The van der Waals surface area contributed by atoms with Crippen LogP contribution in [0.1, 0.15) is 31.1 Å². The molecule has 1 aliphatic heterocycles. The Labute approximate surface area is 142 Å². The molecule has 1 aromatic carbocycles. The Hall–Kier alpha value is -1.85. The van der Waals surface area contributed by atoms with Gasteiger partial charge in [-0.2, -0.15) is 0 Å². The number of hydrogen-bond donors (Lipinski definition) is 1. The van der Waals surface area contributed by atoms with Crippen molar-refractivity contribution in [2.45, 2.75) is 38.8 Å². The SMILES string of the molecule is CCc1oc2ccccc2c1CN(C)C(=O)[C@H](N)C1CCOCC1. The molecule has 2 heterocycles. The molecular weight excluding hydrogens is 304 g/mol. The van der Waals surface area contributed by atoms with Gasteiger partial charge >= 0.3 is 0 Å². The summed E-state index contributed by atoms with van der Waals surface area (Å²) in [6.45, 7) is 3.98. The highest BCUT2D eigenvalue weighted by Crippen LogP contribution is 2.28. The van der Waals surface area contributed by atoms with Crippen LogP contribution in [-0.2, 0) is 22.5 Å². The Morgan fingerprint density at radius 2 is 2.04 bits per heavy atom. The number of nitrogens with two attached hydrogens (primary N) is 1. The molecule has 5 heteroatoms. The molecule has 5 nitrogen and oxygen atoms in total. The van der Waals surface area contributed by atoms with Gasteiger partial charge in [0.05, 0.1) is 6.04 Å². The van der Waals surface area contributed by atoms with E-state index in [2.05, 4.69) is 6.92 Å². The van der Waals surface area contributed by atoms with Crippen LogP contribution >= 0.6 is 0 Å². The molecule has 0 unspecified atom stereocenters. The van der Waals surface area contributed by atoms with E-state index in [9.17, 15) is 4.79 Å². The average molecular weight is 330 g/mol. The number of carbonyl (C=O) groups is 1. The lowest BCUT2D eigenvalue weighted by atomic mass is 9.91. The minimum absolute atomic E-state index is 0.00534. The molecule has 3 rings (SSSR count). The first-order valence-corrected chi connectivity index (χ1v) is 8.69. The molecule has 1 saturated heterocycles. The predicted octanol–water partition coefficient (Wildman–Crippen LogP) is 2.71. The molecule has 0 aliphatic carbocycles. The van der Waals surface area contributed by atoms with Gasteiger partial charge < -0.3 is 19.8 Å². The number of nitrogens with zero attached hydrogens (tertiary/aromatic N) is 1. The molecule has 1 fully saturated rings. The quantitative estimate of drug-likeness (QED) is 0.915. The van der Waals surface area contributed by atoms with E-state index in [-0.39, 0.29) is 11.8 Å². The molecule has 0 saturated carbocycles. The number of rotatable bonds is 5. The molecular formula is C19H26N2O3. The maximum Gasteiger partial charge on any atom is 0.239 e. The third-order valence-corrected chi connectivity index (χ3v) is 4.93. The van der Waals surface area contributed by atoms with Crippen LogP contribution in [0.15, 0.2) is 28.7 Å². The van der Waals surface area contributed by atoms with E-state index in [1.807, 2.05) is 31.3 Å². The van der Waals surface area contributed by atoms with Crippen LogP contribution in [0.5, 0.6) is 0 Å². The fourth-order valence-corrected chi connectivity index (χ4v) is 3.45. The summed E-state index contributed by atoms with van der Waals surface area (Å²) in [6.07, 6.45) is 2.52. The first-order valence-electron chi connectivity index (χ1n) is 8.69. The maximum atomic E-state index is 12.7. The number of furan rings is 1. The Kier molecular flexibility index (Phi) is 5.21. The Balaban J connectivity index is 1.76. The Morgan fingerprint density at radius 3 is 2.75 bits per heavy atom. The summed E-state index contributed by atoms with van der Waals surface area (Å²) >= 11 is 0. The highest BCUT2D eigenvalue weighted by atomic mass is 16.5. The monoisotopic (exact) mass is 330 g/mol. The fourth-order valence-electron chi connectivity index (χ4n) is 3.45. The number of para-hydroxylation sites is 1. The summed E-state index contributed by atoms with van der Waals surface area (Å²) in [4.78, 5) is 14.5. The lowest BCUT2D eigenvalue weighted by Gasteiger charge is -2.29. The molecule has 2 aromatic rings. The van der Waals surface area contributed by atoms with Crippen molar-refractivity contribution in [3.05, 3.63) is 35.6 Å². The Morgan fingerprint density at radius 1 is 1.33 bits per heavy atom. The van der Waals surface area contributed by atoms with Crippen LogP contribution in [0.3, 0.4) is 0 Å². The predicted molar refractivity (Wildman–Crippen MR) is 93.6 cm³/mol. The van der Waals surface area contributed by atoms with Gasteiger partial charge in [0.1, 0.15) is 11.3 Å². The minimum atomic E-state index is -0.456. The van der Waals surface area contributed by atoms with Crippen molar-refractivity contribution in [3.8, 4) is 0 Å². The van der Waals surface area contributed by atoms with Gasteiger partial charge in [-0.1, -0.05) is 25.1 Å². The van der Waals surface area contributed by atoms with Gasteiger partial charge in [0.15, 0.2) is 0 Å². The zero-order chi connectivity index (χ0) is 17.1. The number of benzene rings is 1. The van der Waals surface area contributed by atoms with Crippen LogP contribution in [0.2, 0.25) is 0 Å². The smallest absolute Gasteiger partial charge is 0.239 e. The normalized spacial score (nSPS) is 17.1. The standard InChI is InChI=1S/C19H26N2O3/c1-3-16-15(14-6-4-5-7-17(14)24-16)12-21(2)19(22)18(20)13-8-10-23-11-9-13/h4-7,13,18H,3,8-12,20H2,1-2H3/t18-/m1/s1. The second-order valence-corrected chi connectivity index (χ2v) is 6.52. The molecule has 1 atom stereocenters. The number of amides is 1. The van der Waals surface area contributed by atoms with Gasteiger partial charge in [-0.25, -0.2) is 0 Å². The molecule has 2 N–H and O–H groups in total. The van der Waals surface area contributed by atoms with Gasteiger partial charge in [-0.15, -0.1) is 0 Å². The number of aryl methyl sites for hydroxylation is 1. The van der Waals surface area contributed by atoms with Crippen molar-refractivity contribution >= 4 is 16.9 Å². The van der Waals surface area contributed by atoms with Crippen molar-refractivity contribution in [3.63, 3.8) is 0 Å². The topological polar surface area (TPSA) is 68.7 Å². The van der Waals surface area contributed by atoms with E-state index in [0.717, 1.165) is 41.6 Å². The summed E-state index contributed by atoms with van der Waals surface area (Å²) < 4.78 is 11.3. The van der Waals surface area contributed by atoms with Crippen molar-refractivity contribution < 1.29 is 13.9 Å². The first-order chi connectivity index (χ1) is 11.6. The molecule has 1 aromatic heterocycles. The van der Waals surface area contributed by atoms with Gasteiger partial charge in [-0.3, -0.25) is 4.79 Å². The van der Waals surface area contributed by atoms with Gasteiger partial charge in [0, 0.05) is 44.2 Å². The second kappa shape index (κ2) is 7.36. The highest BCUT2D eigenvalue weighted by molar-refractivity contribution is 5.85. The molecule has 1 amide bonds. The summed E-state index contributed by atoms with van der Waals surface area (Å²) in [5.74, 6) is 1.14. The summed E-state index contributed by atoms with van der Waals surface area (Å²) in [7, 11) is 1.82. The molecule has 130 valence electrons. The van der Waals surface area contributed by atoms with Crippen molar-refractivity contribution in [2.24, 2.45) is 11.7 Å². The minimum Gasteiger partial charge on any atom is -0.461 e. The lowest BCUT2D eigenvalue weighted by molar-refractivity contribution is -0.133. The number of fused-ring (bicyclic) bond motifs is 1. The molecule has 0 radical (unpaired) electrons. The van der Waals surface area contributed by atoms with E-state index in [4.69, 9.17) is 14.9 Å². The van der Waals surface area contributed by atoms with Gasteiger partial charge in [0.2, 0.25) is 5.91 Å². The third kappa shape index (κ3) is 3.32. The van der Waals surface area contributed by atoms with Crippen LogP contribution in [-0.4, -0.2) is 37.1 Å². The highest BCUT2D eigenvalue weighted by Gasteiger charge is 2.29. The summed E-state index contributed by atoms with van der Waals surface area (Å²) in [6, 6.07) is 7.51. The van der Waals surface area contributed by atoms with E-state index < -0.39 is 6.04 Å². The molecule has 0 bridgehead atoms. The molecule has 1 aliphatic rings. The first kappa shape index (κ1) is 17.0. The fraction of sp³-hybridized carbons (Fsp3) is 0.526. The van der Waals surface area contributed by atoms with Crippen molar-refractivity contribution in [1.82, 2.24) is 4.90 Å². The number of ether oxygens (including phenoxy) is 1. The van der Waals surface area contributed by atoms with E-state index in [0.29, 0.717) is 19.8 Å². The van der Waals surface area contributed by atoms with E-state index in [1.165, 1.54) is 0 Å². The van der Waals surface area contributed by atoms with Crippen molar-refractivity contribution in [1.29, 1.82) is 0 Å². The number of hydrogen-bond acceptors (Lipinski definition) is 4. The molecule has 0 spiro atoms. The van der Waals surface area contributed by atoms with Crippen LogP contribution < -0.4 is 5.73 Å². The second-order valence-electron chi connectivity index (χ2n) is 6.52. The van der Waals surface area contributed by atoms with E-state index >= 15 is 0 Å². The van der Waals surface area contributed by atoms with Crippen LogP contribution in [0.25, 0.3) is 11.0 Å². The largest absolute Gasteiger partial charge is 0.461 e. The molecule has 24 heavy (non-hydrogen) atoms. The van der Waals surface area contributed by atoms with Gasteiger partial charge in [-0.05, 0) is 24.8 Å². The lowest BCUT2D eigenvalue weighted by Crippen LogP contribution is -2.47. The number of likely N-dealkylation sites (N-methyl/N-ethyl adjacent to an activating group) is 1. The average Bonchev–Trinajstić information content (AvgIpc) is 2.99.